The Hall–Kier alpha value is -1.35. The molecule has 104 valence electrons. The van der Waals surface area contributed by atoms with Crippen LogP contribution in [-0.4, -0.2) is 19.0 Å². The largest absolute Gasteiger partial charge is 0.356 e. The first-order valence-electron chi connectivity index (χ1n) is 7.16. The van der Waals surface area contributed by atoms with Crippen molar-refractivity contribution in [1.82, 2.24) is 5.32 Å². The normalized spacial score (nSPS) is 16.1. The molecule has 0 bridgehead atoms. The summed E-state index contributed by atoms with van der Waals surface area (Å²) in [6.45, 7) is 3.60. The Morgan fingerprint density at radius 2 is 2.00 bits per heavy atom. The van der Waals surface area contributed by atoms with Gasteiger partial charge in [-0.3, -0.25) is 4.79 Å². The zero-order chi connectivity index (χ0) is 13.7. The van der Waals surface area contributed by atoms with Gasteiger partial charge >= 0.3 is 0 Å². The summed E-state index contributed by atoms with van der Waals surface area (Å²) < 4.78 is 0. The molecule has 0 unspecified atom stereocenters. The van der Waals surface area contributed by atoms with Gasteiger partial charge in [0.15, 0.2) is 0 Å². The highest BCUT2D eigenvalue weighted by Gasteiger charge is 2.41. The van der Waals surface area contributed by atoms with Gasteiger partial charge in [0.2, 0.25) is 5.91 Å². The summed E-state index contributed by atoms with van der Waals surface area (Å²) in [7, 11) is 0. The molecule has 1 amide bonds. The molecule has 0 saturated heterocycles. The molecule has 1 aromatic rings. The van der Waals surface area contributed by atoms with Crippen molar-refractivity contribution in [2.24, 2.45) is 11.1 Å². The van der Waals surface area contributed by atoms with Gasteiger partial charge in [-0.25, -0.2) is 0 Å². The summed E-state index contributed by atoms with van der Waals surface area (Å²) in [6.07, 6.45) is 4.84. The van der Waals surface area contributed by atoms with E-state index < -0.39 is 0 Å². The van der Waals surface area contributed by atoms with Gasteiger partial charge in [0.05, 0.1) is 0 Å². The summed E-state index contributed by atoms with van der Waals surface area (Å²) >= 11 is 0. The molecule has 3 N–H and O–H groups in total. The molecule has 0 spiro atoms. The summed E-state index contributed by atoms with van der Waals surface area (Å²) in [5.41, 5.74) is 8.40. The van der Waals surface area contributed by atoms with Crippen molar-refractivity contribution in [3.63, 3.8) is 0 Å². The minimum Gasteiger partial charge on any atom is -0.356 e. The number of hydrogen-bond acceptors (Lipinski definition) is 2. The Morgan fingerprint density at radius 3 is 2.58 bits per heavy atom. The zero-order valence-corrected chi connectivity index (χ0v) is 11.7. The molecule has 1 fully saturated rings. The standard InChI is InChI=1S/C16H24N2O/c1-13-2-4-14(5-3-13)6-7-15(19)18-12-16(8-9-16)10-11-17/h2-5H,6-12,17H2,1H3,(H,18,19). The van der Waals surface area contributed by atoms with E-state index in [4.69, 9.17) is 5.73 Å². The molecule has 19 heavy (non-hydrogen) atoms. The number of carbonyl (C=O) groups is 1. The van der Waals surface area contributed by atoms with Crippen LogP contribution in [0.1, 0.15) is 36.8 Å². The predicted molar refractivity (Wildman–Crippen MR) is 77.8 cm³/mol. The fraction of sp³-hybridized carbons (Fsp3) is 0.562. The van der Waals surface area contributed by atoms with Gasteiger partial charge in [0.1, 0.15) is 0 Å². The maximum atomic E-state index is 11.8. The monoisotopic (exact) mass is 260 g/mol. The molecule has 0 aliphatic heterocycles. The SMILES string of the molecule is Cc1ccc(CCC(=O)NCC2(CCN)CC2)cc1. The number of aryl methyl sites for hydroxylation is 2. The molecule has 1 aliphatic carbocycles. The van der Waals surface area contributed by atoms with Crippen LogP contribution in [0.2, 0.25) is 0 Å². The number of hydrogen-bond donors (Lipinski definition) is 2. The van der Waals surface area contributed by atoms with Crippen molar-refractivity contribution in [3.05, 3.63) is 35.4 Å². The van der Waals surface area contributed by atoms with Gasteiger partial charge in [-0.2, -0.15) is 0 Å². The summed E-state index contributed by atoms with van der Waals surface area (Å²) in [5, 5.41) is 3.06. The number of nitrogens with two attached hydrogens (primary N) is 1. The highest BCUT2D eigenvalue weighted by atomic mass is 16.1. The number of amides is 1. The zero-order valence-electron chi connectivity index (χ0n) is 11.7. The summed E-state index contributed by atoms with van der Waals surface area (Å²) in [6, 6.07) is 8.38. The number of benzene rings is 1. The van der Waals surface area contributed by atoms with Gasteiger partial charge in [-0.15, -0.1) is 0 Å². The van der Waals surface area contributed by atoms with E-state index in [-0.39, 0.29) is 5.91 Å². The van der Waals surface area contributed by atoms with Gasteiger partial charge in [0.25, 0.3) is 0 Å². The maximum Gasteiger partial charge on any atom is 0.220 e. The molecule has 0 atom stereocenters. The van der Waals surface area contributed by atoms with Crippen molar-refractivity contribution in [3.8, 4) is 0 Å². The molecule has 1 aromatic carbocycles. The van der Waals surface area contributed by atoms with Crippen LogP contribution >= 0.6 is 0 Å². The lowest BCUT2D eigenvalue weighted by molar-refractivity contribution is -0.121. The first kappa shape index (κ1) is 14.1. The van der Waals surface area contributed by atoms with Gasteiger partial charge < -0.3 is 11.1 Å². The lowest BCUT2D eigenvalue weighted by atomic mass is 10.0. The molecule has 1 aliphatic rings. The molecular formula is C16H24N2O. The second-order valence-corrected chi connectivity index (χ2v) is 5.80. The Kier molecular flexibility index (Phi) is 4.59. The highest BCUT2D eigenvalue weighted by Crippen LogP contribution is 2.47. The average Bonchev–Trinajstić information content (AvgIpc) is 3.17. The van der Waals surface area contributed by atoms with Crippen molar-refractivity contribution in [2.45, 2.75) is 39.0 Å². The fourth-order valence-corrected chi connectivity index (χ4v) is 2.39. The Bertz CT molecular complexity index is 421. The van der Waals surface area contributed by atoms with Gasteiger partial charge in [-0.05, 0) is 50.1 Å². The maximum absolute atomic E-state index is 11.8. The van der Waals surface area contributed by atoms with E-state index in [1.807, 2.05) is 0 Å². The number of rotatable bonds is 7. The Balaban J connectivity index is 1.69. The van der Waals surface area contributed by atoms with E-state index in [0.29, 0.717) is 11.8 Å². The number of nitrogens with one attached hydrogen (secondary N) is 1. The van der Waals surface area contributed by atoms with Crippen molar-refractivity contribution >= 4 is 5.91 Å². The van der Waals surface area contributed by atoms with Crippen LogP contribution in [0.4, 0.5) is 0 Å². The minimum atomic E-state index is 0.156. The predicted octanol–water partition coefficient (Wildman–Crippen LogP) is 2.17. The Morgan fingerprint density at radius 1 is 1.32 bits per heavy atom. The molecule has 0 radical (unpaired) electrons. The lowest BCUT2D eigenvalue weighted by Crippen LogP contribution is -2.31. The summed E-state index contributed by atoms with van der Waals surface area (Å²) in [4.78, 5) is 11.8. The van der Waals surface area contributed by atoms with Crippen LogP contribution in [0, 0.1) is 12.3 Å². The van der Waals surface area contributed by atoms with E-state index in [9.17, 15) is 4.79 Å². The van der Waals surface area contributed by atoms with E-state index in [1.165, 1.54) is 24.0 Å². The molecule has 3 nitrogen and oxygen atoms in total. The molecule has 0 aromatic heterocycles. The van der Waals surface area contributed by atoms with Crippen molar-refractivity contribution < 1.29 is 4.79 Å². The first-order valence-corrected chi connectivity index (χ1v) is 7.16. The van der Waals surface area contributed by atoms with Crippen LogP contribution in [-0.2, 0) is 11.2 Å². The molecule has 2 rings (SSSR count). The van der Waals surface area contributed by atoms with Gasteiger partial charge in [0, 0.05) is 13.0 Å². The van der Waals surface area contributed by atoms with Crippen molar-refractivity contribution in [2.75, 3.05) is 13.1 Å². The molecule has 1 saturated carbocycles. The second kappa shape index (κ2) is 6.20. The Labute approximate surface area is 115 Å². The van der Waals surface area contributed by atoms with Crippen molar-refractivity contribution in [1.29, 1.82) is 0 Å². The molecular weight excluding hydrogens is 236 g/mol. The quantitative estimate of drug-likeness (QED) is 0.789. The fourth-order valence-electron chi connectivity index (χ4n) is 2.39. The minimum absolute atomic E-state index is 0.156. The highest BCUT2D eigenvalue weighted by molar-refractivity contribution is 5.76. The summed E-state index contributed by atoms with van der Waals surface area (Å²) in [5.74, 6) is 0.156. The van der Waals surface area contributed by atoms with E-state index in [0.717, 1.165) is 25.9 Å². The third-order valence-corrected chi connectivity index (χ3v) is 4.05. The third kappa shape index (κ3) is 4.35. The molecule has 3 heteroatoms. The van der Waals surface area contributed by atoms with E-state index in [1.54, 1.807) is 0 Å². The van der Waals surface area contributed by atoms with Crippen LogP contribution in [0.25, 0.3) is 0 Å². The first-order chi connectivity index (χ1) is 9.13. The van der Waals surface area contributed by atoms with Crippen LogP contribution in [0.5, 0.6) is 0 Å². The van der Waals surface area contributed by atoms with Crippen LogP contribution in [0.3, 0.4) is 0 Å². The third-order valence-electron chi connectivity index (χ3n) is 4.05. The van der Waals surface area contributed by atoms with Crippen LogP contribution < -0.4 is 11.1 Å². The smallest absolute Gasteiger partial charge is 0.220 e. The molecule has 0 heterocycles. The van der Waals surface area contributed by atoms with Gasteiger partial charge in [-0.1, -0.05) is 29.8 Å². The lowest BCUT2D eigenvalue weighted by Gasteiger charge is -2.14. The van der Waals surface area contributed by atoms with Crippen LogP contribution in [0.15, 0.2) is 24.3 Å². The second-order valence-electron chi connectivity index (χ2n) is 5.80. The number of carbonyl (C=O) groups excluding carboxylic acids is 1. The van der Waals surface area contributed by atoms with E-state index in [2.05, 4.69) is 36.5 Å². The topological polar surface area (TPSA) is 55.1 Å². The van der Waals surface area contributed by atoms with E-state index >= 15 is 0 Å². The average molecular weight is 260 g/mol.